The number of hydrogen-bond donors (Lipinski definition) is 0. The number of nitro benzene ring substituents is 1. The summed E-state index contributed by atoms with van der Waals surface area (Å²) in [6.07, 6.45) is 0. The lowest BCUT2D eigenvalue weighted by Crippen LogP contribution is -1.98. The quantitative estimate of drug-likeness (QED) is 0.369. The van der Waals surface area contributed by atoms with Gasteiger partial charge in [-0.05, 0) is 55.0 Å². The topological polar surface area (TPSA) is 52.4 Å². The predicted molar refractivity (Wildman–Crippen MR) is 104 cm³/mol. The van der Waals surface area contributed by atoms with Crippen molar-refractivity contribution < 1.29 is 9.66 Å². The molecule has 6 heteroatoms. The standard InChI is InChI=1S/C20H16ClNO3S/c1-14-2-7-17(8-3-14)25-13-15-4-11-20(19(12-15)22(23)24)26-18-9-5-16(21)6-10-18/h2-12H,13H2,1H3. The first-order valence-electron chi connectivity index (χ1n) is 7.91. The van der Waals surface area contributed by atoms with Crippen LogP contribution in [0.4, 0.5) is 5.69 Å². The predicted octanol–water partition coefficient (Wildman–Crippen LogP) is 6.29. The van der Waals surface area contributed by atoms with E-state index in [0.29, 0.717) is 9.92 Å². The first-order valence-corrected chi connectivity index (χ1v) is 9.11. The zero-order valence-electron chi connectivity index (χ0n) is 14.0. The Kier molecular flexibility index (Phi) is 5.81. The van der Waals surface area contributed by atoms with E-state index in [1.54, 1.807) is 24.3 Å². The van der Waals surface area contributed by atoms with Crippen LogP contribution in [0.5, 0.6) is 5.75 Å². The zero-order chi connectivity index (χ0) is 18.5. The van der Waals surface area contributed by atoms with E-state index >= 15 is 0 Å². The second-order valence-electron chi connectivity index (χ2n) is 5.72. The van der Waals surface area contributed by atoms with Crippen LogP contribution in [0.3, 0.4) is 0 Å². The van der Waals surface area contributed by atoms with Crippen molar-refractivity contribution in [1.82, 2.24) is 0 Å². The van der Waals surface area contributed by atoms with Crippen molar-refractivity contribution in [1.29, 1.82) is 0 Å². The van der Waals surface area contributed by atoms with Gasteiger partial charge in [0.1, 0.15) is 12.4 Å². The van der Waals surface area contributed by atoms with Crippen molar-refractivity contribution in [2.45, 2.75) is 23.3 Å². The number of halogens is 1. The highest BCUT2D eigenvalue weighted by Gasteiger charge is 2.16. The van der Waals surface area contributed by atoms with Crippen LogP contribution in [0.25, 0.3) is 0 Å². The van der Waals surface area contributed by atoms with Gasteiger partial charge in [-0.25, -0.2) is 0 Å². The minimum Gasteiger partial charge on any atom is -0.489 e. The molecule has 0 fully saturated rings. The summed E-state index contributed by atoms with van der Waals surface area (Å²) in [7, 11) is 0. The average molecular weight is 386 g/mol. The van der Waals surface area contributed by atoms with Crippen LogP contribution in [0.1, 0.15) is 11.1 Å². The van der Waals surface area contributed by atoms with Gasteiger partial charge in [-0.1, -0.05) is 47.1 Å². The lowest BCUT2D eigenvalue weighted by atomic mass is 10.2. The Hall–Kier alpha value is -2.50. The number of ether oxygens (including phenoxy) is 1. The third kappa shape index (κ3) is 4.77. The number of nitrogens with zero attached hydrogens (tertiary/aromatic N) is 1. The molecule has 0 N–H and O–H groups in total. The van der Waals surface area contributed by atoms with Crippen LogP contribution < -0.4 is 4.74 Å². The van der Waals surface area contributed by atoms with E-state index in [-0.39, 0.29) is 17.2 Å². The first-order chi connectivity index (χ1) is 12.5. The molecule has 26 heavy (non-hydrogen) atoms. The van der Waals surface area contributed by atoms with E-state index in [1.807, 2.05) is 49.4 Å². The Bertz CT molecular complexity index is 911. The number of benzene rings is 3. The fourth-order valence-electron chi connectivity index (χ4n) is 2.31. The monoisotopic (exact) mass is 385 g/mol. The summed E-state index contributed by atoms with van der Waals surface area (Å²) in [4.78, 5) is 12.6. The lowest BCUT2D eigenvalue weighted by Gasteiger charge is -2.08. The Morgan fingerprint density at radius 3 is 2.38 bits per heavy atom. The molecule has 132 valence electrons. The lowest BCUT2D eigenvalue weighted by molar-refractivity contribution is -0.387. The number of hydrogen-bond acceptors (Lipinski definition) is 4. The molecule has 4 nitrogen and oxygen atoms in total. The van der Waals surface area contributed by atoms with E-state index in [9.17, 15) is 10.1 Å². The summed E-state index contributed by atoms with van der Waals surface area (Å²) in [5.74, 6) is 0.734. The van der Waals surface area contributed by atoms with Crippen LogP contribution in [0, 0.1) is 17.0 Å². The fraction of sp³-hybridized carbons (Fsp3) is 0.100. The molecule has 0 aliphatic rings. The van der Waals surface area contributed by atoms with Gasteiger partial charge in [-0.3, -0.25) is 10.1 Å². The van der Waals surface area contributed by atoms with Crippen LogP contribution in [0.2, 0.25) is 5.02 Å². The molecule has 0 unspecified atom stereocenters. The Labute approximate surface area is 160 Å². The SMILES string of the molecule is Cc1ccc(OCc2ccc(Sc3ccc(Cl)cc3)c([N+](=O)[O-])c2)cc1. The summed E-state index contributed by atoms with van der Waals surface area (Å²) in [5.41, 5.74) is 1.96. The van der Waals surface area contributed by atoms with Gasteiger partial charge in [0, 0.05) is 16.0 Å². The second-order valence-corrected chi connectivity index (χ2v) is 7.27. The Morgan fingerprint density at radius 2 is 1.73 bits per heavy atom. The molecule has 0 saturated carbocycles. The number of nitro groups is 1. The third-order valence-electron chi connectivity index (χ3n) is 3.69. The maximum Gasteiger partial charge on any atom is 0.283 e. The molecule has 3 aromatic rings. The molecule has 0 atom stereocenters. The Balaban J connectivity index is 1.76. The van der Waals surface area contributed by atoms with Crippen molar-refractivity contribution in [3.8, 4) is 5.75 Å². The molecular formula is C20H16ClNO3S. The molecule has 0 saturated heterocycles. The molecule has 0 aliphatic carbocycles. The van der Waals surface area contributed by atoms with E-state index in [1.165, 1.54) is 11.8 Å². The number of rotatable bonds is 6. The Morgan fingerprint density at radius 1 is 1.04 bits per heavy atom. The molecular weight excluding hydrogens is 370 g/mol. The minimum atomic E-state index is -0.367. The molecule has 0 bridgehead atoms. The minimum absolute atomic E-state index is 0.0648. The maximum absolute atomic E-state index is 11.5. The summed E-state index contributed by atoms with van der Waals surface area (Å²) in [6, 6.07) is 20.1. The summed E-state index contributed by atoms with van der Waals surface area (Å²) in [5, 5.41) is 12.1. The van der Waals surface area contributed by atoms with Crippen molar-refractivity contribution in [2.24, 2.45) is 0 Å². The van der Waals surface area contributed by atoms with E-state index in [0.717, 1.165) is 21.8 Å². The molecule has 0 radical (unpaired) electrons. The zero-order valence-corrected chi connectivity index (χ0v) is 15.6. The van der Waals surface area contributed by atoms with Crippen LogP contribution in [0.15, 0.2) is 76.5 Å². The summed E-state index contributed by atoms with van der Waals surface area (Å²) >= 11 is 7.21. The molecule has 0 aromatic heterocycles. The van der Waals surface area contributed by atoms with Crippen molar-refractivity contribution in [3.63, 3.8) is 0 Å². The molecule has 3 rings (SSSR count). The average Bonchev–Trinajstić information content (AvgIpc) is 2.64. The van der Waals surface area contributed by atoms with Gasteiger partial charge < -0.3 is 4.74 Å². The van der Waals surface area contributed by atoms with E-state index in [2.05, 4.69) is 0 Å². The second kappa shape index (κ2) is 8.25. The molecule has 3 aromatic carbocycles. The van der Waals surface area contributed by atoms with E-state index < -0.39 is 0 Å². The van der Waals surface area contributed by atoms with Crippen molar-refractivity contribution in [2.75, 3.05) is 0 Å². The van der Waals surface area contributed by atoms with Gasteiger partial charge in [-0.2, -0.15) is 0 Å². The largest absolute Gasteiger partial charge is 0.489 e. The van der Waals surface area contributed by atoms with Gasteiger partial charge in [0.05, 0.1) is 9.82 Å². The van der Waals surface area contributed by atoms with Crippen molar-refractivity contribution >= 4 is 29.1 Å². The van der Waals surface area contributed by atoms with Crippen molar-refractivity contribution in [3.05, 3.63) is 93.0 Å². The highest BCUT2D eigenvalue weighted by Crippen LogP contribution is 2.36. The highest BCUT2D eigenvalue weighted by molar-refractivity contribution is 7.99. The number of aryl methyl sites for hydroxylation is 1. The fourth-order valence-corrected chi connectivity index (χ4v) is 3.34. The molecule has 0 spiro atoms. The maximum atomic E-state index is 11.5. The third-order valence-corrected chi connectivity index (χ3v) is 5.01. The van der Waals surface area contributed by atoms with Gasteiger partial charge in [0.15, 0.2) is 0 Å². The van der Waals surface area contributed by atoms with Gasteiger partial charge in [0.25, 0.3) is 5.69 Å². The summed E-state index contributed by atoms with van der Waals surface area (Å²) in [6.45, 7) is 2.28. The van der Waals surface area contributed by atoms with Crippen LogP contribution >= 0.6 is 23.4 Å². The molecule has 0 amide bonds. The normalized spacial score (nSPS) is 10.5. The van der Waals surface area contributed by atoms with Crippen LogP contribution in [-0.4, -0.2) is 4.92 Å². The van der Waals surface area contributed by atoms with Crippen LogP contribution in [-0.2, 0) is 6.61 Å². The van der Waals surface area contributed by atoms with Gasteiger partial charge in [0.2, 0.25) is 0 Å². The van der Waals surface area contributed by atoms with Gasteiger partial charge in [-0.15, -0.1) is 0 Å². The van der Waals surface area contributed by atoms with Gasteiger partial charge >= 0.3 is 0 Å². The smallest absolute Gasteiger partial charge is 0.283 e. The highest BCUT2D eigenvalue weighted by atomic mass is 35.5. The molecule has 0 heterocycles. The first kappa shape index (κ1) is 18.3. The molecule has 0 aliphatic heterocycles. The summed E-state index contributed by atoms with van der Waals surface area (Å²) < 4.78 is 5.71. The van der Waals surface area contributed by atoms with E-state index in [4.69, 9.17) is 16.3 Å².